The molecule has 0 unspecified atom stereocenters. The summed E-state index contributed by atoms with van der Waals surface area (Å²) in [6, 6.07) is 5.35. The molecular weight excluding hydrogens is 269 g/mol. The van der Waals surface area contributed by atoms with Crippen molar-refractivity contribution in [3.63, 3.8) is 0 Å². The van der Waals surface area contributed by atoms with Gasteiger partial charge in [0.25, 0.3) is 0 Å². The van der Waals surface area contributed by atoms with Crippen molar-refractivity contribution < 1.29 is 17.6 Å². The number of nitrogens with one attached hydrogen (secondary N) is 1. The van der Waals surface area contributed by atoms with Gasteiger partial charge in [-0.05, 0) is 19.0 Å². The maximum atomic E-state index is 13.0. The summed E-state index contributed by atoms with van der Waals surface area (Å²) < 4.78 is 44.2. The fourth-order valence-electron chi connectivity index (χ4n) is 1.93. The highest BCUT2D eigenvalue weighted by Crippen LogP contribution is 2.37. The second-order valence-electron chi connectivity index (χ2n) is 4.35. The number of halogens is 3. The SMILES string of the molecule is CCCNCc1ncoc1-c1ccccc1C(F)(F)F. The lowest BCUT2D eigenvalue weighted by atomic mass is 10.0. The molecule has 1 heterocycles. The van der Waals surface area contributed by atoms with E-state index in [2.05, 4.69) is 10.3 Å². The quantitative estimate of drug-likeness (QED) is 0.847. The fraction of sp³-hybridized carbons (Fsp3) is 0.357. The van der Waals surface area contributed by atoms with E-state index >= 15 is 0 Å². The number of rotatable bonds is 5. The van der Waals surface area contributed by atoms with Gasteiger partial charge in [-0.3, -0.25) is 0 Å². The zero-order valence-electron chi connectivity index (χ0n) is 11.0. The molecule has 0 radical (unpaired) electrons. The van der Waals surface area contributed by atoms with Crippen LogP contribution in [0.2, 0.25) is 0 Å². The van der Waals surface area contributed by atoms with Crippen molar-refractivity contribution in [1.82, 2.24) is 10.3 Å². The van der Waals surface area contributed by atoms with Gasteiger partial charge < -0.3 is 9.73 Å². The summed E-state index contributed by atoms with van der Waals surface area (Å²) in [5.74, 6) is 0.168. The summed E-state index contributed by atoms with van der Waals surface area (Å²) in [6.07, 6.45) is -2.31. The summed E-state index contributed by atoms with van der Waals surface area (Å²) in [5.41, 5.74) is -0.213. The van der Waals surface area contributed by atoms with Crippen LogP contribution in [0.4, 0.5) is 13.2 Å². The average molecular weight is 284 g/mol. The van der Waals surface area contributed by atoms with Crippen LogP contribution in [0.5, 0.6) is 0 Å². The van der Waals surface area contributed by atoms with E-state index in [0.717, 1.165) is 19.0 Å². The molecule has 1 aromatic carbocycles. The van der Waals surface area contributed by atoms with Crippen LogP contribution in [0.1, 0.15) is 24.6 Å². The van der Waals surface area contributed by atoms with Gasteiger partial charge in [-0.1, -0.05) is 25.1 Å². The number of alkyl halides is 3. The van der Waals surface area contributed by atoms with Crippen LogP contribution >= 0.6 is 0 Å². The molecule has 108 valence electrons. The molecule has 0 bridgehead atoms. The maximum absolute atomic E-state index is 13.0. The Morgan fingerprint density at radius 1 is 1.25 bits per heavy atom. The third-order valence-corrected chi connectivity index (χ3v) is 2.84. The first kappa shape index (κ1) is 14.6. The maximum Gasteiger partial charge on any atom is 0.417 e. The second kappa shape index (κ2) is 6.09. The van der Waals surface area contributed by atoms with Gasteiger partial charge >= 0.3 is 6.18 Å². The van der Waals surface area contributed by atoms with Gasteiger partial charge in [-0.25, -0.2) is 4.98 Å². The Kier molecular flexibility index (Phi) is 4.44. The molecule has 0 aliphatic rings. The van der Waals surface area contributed by atoms with Gasteiger partial charge in [0.2, 0.25) is 0 Å². The van der Waals surface area contributed by atoms with Crippen molar-refractivity contribution in [1.29, 1.82) is 0 Å². The number of hydrogen-bond donors (Lipinski definition) is 1. The van der Waals surface area contributed by atoms with Crippen LogP contribution in [0.3, 0.4) is 0 Å². The highest BCUT2D eigenvalue weighted by atomic mass is 19.4. The van der Waals surface area contributed by atoms with Crippen LogP contribution < -0.4 is 5.32 Å². The number of aromatic nitrogens is 1. The molecule has 0 aliphatic heterocycles. The third-order valence-electron chi connectivity index (χ3n) is 2.84. The second-order valence-corrected chi connectivity index (χ2v) is 4.35. The minimum Gasteiger partial charge on any atom is -0.443 e. The van der Waals surface area contributed by atoms with Crippen molar-refractivity contribution in [3.05, 3.63) is 41.9 Å². The topological polar surface area (TPSA) is 38.1 Å². The Labute approximate surface area is 114 Å². The third kappa shape index (κ3) is 3.19. The van der Waals surface area contributed by atoms with Gasteiger partial charge in [0.15, 0.2) is 12.2 Å². The van der Waals surface area contributed by atoms with Crippen LogP contribution in [-0.4, -0.2) is 11.5 Å². The molecule has 0 fully saturated rings. The van der Waals surface area contributed by atoms with E-state index in [9.17, 15) is 13.2 Å². The first-order chi connectivity index (χ1) is 9.54. The highest BCUT2D eigenvalue weighted by Gasteiger charge is 2.34. The molecule has 0 saturated heterocycles. The molecule has 2 rings (SSSR count). The minimum atomic E-state index is -4.42. The van der Waals surface area contributed by atoms with Crippen LogP contribution in [0, 0.1) is 0 Å². The largest absolute Gasteiger partial charge is 0.443 e. The molecular formula is C14H15F3N2O. The smallest absolute Gasteiger partial charge is 0.417 e. The zero-order chi connectivity index (χ0) is 14.6. The van der Waals surface area contributed by atoms with E-state index in [1.807, 2.05) is 6.92 Å². The Morgan fingerprint density at radius 3 is 2.70 bits per heavy atom. The number of oxazole rings is 1. The Morgan fingerprint density at radius 2 is 2.00 bits per heavy atom. The van der Waals surface area contributed by atoms with Crippen LogP contribution in [0.25, 0.3) is 11.3 Å². The van der Waals surface area contributed by atoms with Gasteiger partial charge in [0.1, 0.15) is 5.69 Å². The fourth-order valence-corrected chi connectivity index (χ4v) is 1.93. The van der Waals surface area contributed by atoms with Crippen molar-refractivity contribution in [2.24, 2.45) is 0 Å². The summed E-state index contributed by atoms with van der Waals surface area (Å²) >= 11 is 0. The predicted octanol–water partition coefficient (Wildman–Crippen LogP) is 3.86. The standard InChI is InChI=1S/C14H15F3N2O/c1-2-7-18-8-12-13(20-9-19-12)10-5-3-4-6-11(10)14(15,16)17/h3-6,9,18H,2,7-8H2,1H3. The van der Waals surface area contributed by atoms with Crippen LogP contribution in [0.15, 0.2) is 35.1 Å². The average Bonchev–Trinajstić information content (AvgIpc) is 2.86. The lowest BCUT2D eigenvalue weighted by Gasteiger charge is -2.11. The highest BCUT2D eigenvalue weighted by molar-refractivity contribution is 5.64. The zero-order valence-corrected chi connectivity index (χ0v) is 11.0. The van der Waals surface area contributed by atoms with E-state index in [1.54, 1.807) is 6.07 Å². The van der Waals surface area contributed by atoms with Crippen molar-refractivity contribution in [3.8, 4) is 11.3 Å². The van der Waals surface area contributed by atoms with E-state index in [4.69, 9.17) is 4.42 Å². The molecule has 0 atom stereocenters. The lowest BCUT2D eigenvalue weighted by Crippen LogP contribution is -2.15. The summed E-state index contributed by atoms with van der Waals surface area (Å²) in [5, 5.41) is 3.10. The Hall–Kier alpha value is -1.82. The Balaban J connectivity index is 2.35. The first-order valence-corrected chi connectivity index (χ1v) is 6.33. The molecule has 2 aromatic rings. The van der Waals surface area contributed by atoms with Gasteiger partial charge in [-0.15, -0.1) is 0 Å². The first-order valence-electron chi connectivity index (χ1n) is 6.33. The van der Waals surface area contributed by atoms with Crippen LogP contribution in [-0.2, 0) is 12.7 Å². The molecule has 1 aromatic heterocycles. The van der Waals surface area contributed by atoms with E-state index in [0.29, 0.717) is 12.2 Å². The van der Waals surface area contributed by atoms with E-state index in [-0.39, 0.29) is 11.3 Å². The molecule has 20 heavy (non-hydrogen) atoms. The summed E-state index contributed by atoms with van der Waals surface area (Å²) in [4.78, 5) is 3.99. The summed E-state index contributed by atoms with van der Waals surface area (Å²) in [6.45, 7) is 3.16. The minimum absolute atomic E-state index is 0.0193. The summed E-state index contributed by atoms with van der Waals surface area (Å²) in [7, 11) is 0. The number of nitrogens with zero attached hydrogens (tertiary/aromatic N) is 1. The van der Waals surface area contributed by atoms with E-state index in [1.165, 1.54) is 18.5 Å². The molecule has 0 spiro atoms. The van der Waals surface area contributed by atoms with Gasteiger partial charge in [0, 0.05) is 12.1 Å². The van der Waals surface area contributed by atoms with Crippen molar-refractivity contribution in [2.45, 2.75) is 26.1 Å². The van der Waals surface area contributed by atoms with Crippen molar-refractivity contribution >= 4 is 0 Å². The monoisotopic (exact) mass is 284 g/mol. The predicted molar refractivity (Wildman–Crippen MR) is 68.9 cm³/mol. The molecule has 6 heteroatoms. The Bertz CT molecular complexity index is 564. The van der Waals surface area contributed by atoms with E-state index < -0.39 is 11.7 Å². The van der Waals surface area contributed by atoms with Gasteiger partial charge in [0.05, 0.1) is 5.56 Å². The lowest BCUT2D eigenvalue weighted by molar-refractivity contribution is -0.137. The molecule has 0 aliphatic carbocycles. The number of hydrogen-bond acceptors (Lipinski definition) is 3. The molecule has 0 amide bonds. The number of benzene rings is 1. The molecule has 0 saturated carbocycles. The van der Waals surface area contributed by atoms with Gasteiger partial charge in [-0.2, -0.15) is 13.2 Å². The van der Waals surface area contributed by atoms with Crippen molar-refractivity contribution in [2.75, 3.05) is 6.54 Å². The normalized spacial score (nSPS) is 11.8. The molecule has 3 nitrogen and oxygen atoms in total. The molecule has 1 N–H and O–H groups in total.